The second kappa shape index (κ2) is 4.88. The molecule has 0 saturated carbocycles. The maximum atomic E-state index is 5.64. The molecule has 1 aliphatic rings. The van der Waals surface area contributed by atoms with Crippen LogP contribution in [0.2, 0.25) is 6.32 Å². The van der Waals surface area contributed by atoms with Crippen molar-refractivity contribution < 1.29 is 9.47 Å². The van der Waals surface area contributed by atoms with Crippen molar-refractivity contribution in [2.24, 2.45) is 0 Å². The lowest BCUT2D eigenvalue weighted by molar-refractivity contribution is -0.0753. The van der Waals surface area contributed by atoms with Gasteiger partial charge in [-0.25, -0.2) is 0 Å². The first-order chi connectivity index (χ1) is 8.11. The molecule has 0 radical (unpaired) electrons. The molecule has 0 saturated heterocycles. The summed E-state index contributed by atoms with van der Waals surface area (Å²) < 4.78 is 11.2. The summed E-state index contributed by atoms with van der Waals surface area (Å²) in [7, 11) is 2.10. The molecule has 1 aromatic rings. The topological polar surface area (TPSA) is 42.5 Å². The molecule has 1 aliphatic heterocycles. The summed E-state index contributed by atoms with van der Waals surface area (Å²) in [5.41, 5.74) is 2.07. The van der Waals surface area contributed by atoms with E-state index in [-0.39, 0.29) is 12.4 Å². The minimum Gasteiger partial charge on any atom is -0.467 e. The number of fused-ring (bicyclic) bond motifs is 1. The fourth-order valence-electron chi connectivity index (χ4n) is 1.51. The standard InChI is InChI=1S/C12H19BN2O2/c1-12(2,6-13)17-8-16-9-3-4-10-11(5-9)15-7-14-10/h3-5,14-15H,6-8,13H2,1-2H3. The second-order valence-corrected chi connectivity index (χ2v) is 4.76. The van der Waals surface area contributed by atoms with E-state index in [9.17, 15) is 0 Å². The Morgan fingerprint density at radius 2 is 2.06 bits per heavy atom. The van der Waals surface area contributed by atoms with Crippen molar-refractivity contribution in [1.29, 1.82) is 0 Å². The highest BCUT2D eigenvalue weighted by molar-refractivity contribution is 6.09. The highest BCUT2D eigenvalue weighted by atomic mass is 16.7. The van der Waals surface area contributed by atoms with Crippen LogP contribution >= 0.6 is 0 Å². The maximum absolute atomic E-state index is 5.64. The lowest BCUT2D eigenvalue weighted by Gasteiger charge is -2.23. The number of hydrogen-bond acceptors (Lipinski definition) is 4. The molecule has 4 nitrogen and oxygen atoms in total. The predicted octanol–water partition coefficient (Wildman–Crippen LogP) is 1.66. The maximum Gasteiger partial charge on any atom is 0.189 e. The molecule has 1 aromatic carbocycles. The van der Waals surface area contributed by atoms with E-state index in [2.05, 4.69) is 32.3 Å². The van der Waals surface area contributed by atoms with Crippen molar-refractivity contribution in [2.75, 3.05) is 24.1 Å². The van der Waals surface area contributed by atoms with E-state index >= 15 is 0 Å². The van der Waals surface area contributed by atoms with Gasteiger partial charge in [-0.05, 0) is 26.0 Å². The minimum absolute atomic E-state index is 0.128. The predicted molar refractivity (Wildman–Crippen MR) is 72.6 cm³/mol. The van der Waals surface area contributed by atoms with Crippen LogP contribution in [0.3, 0.4) is 0 Å². The summed E-state index contributed by atoms with van der Waals surface area (Å²) in [5.74, 6) is 0.826. The number of nitrogens with one attached hydrogen (secondary N) is 2. The van der Waals surface area contributed by atoms with Gasteiger partial charge in [0.05, 0.1) is 23.6 Å². The largest absolute Gasteiger partial charge is 0.467 e. The molecule has 92 valence electrons. The van der Waals surface area contributed by atoms with Crippen molar-refractivity contribution in [1.82, 2.24) is 0 Å². The normalized spacial score (nSPS) is 13.8. The van der Waals surface area contributed by atoms with Gasteiger partial charge in [-0.15, -0.1) is 0 Å². The zero-order valence-electron chi connectivity index (χ0n) is 10.7. The minimum atomic E-state index is -0.128. The second-order valence-electron chi connectivity index (χ2n) is 4.76. The molecule has 0 fully saturated rings. The molecule has 2 N–H and O–H groups in total. The van der Waals surface area contributed by atoms with Gasteiger partial charge in [0.2, 0.25) is 0 Å². The highest BCUT2D eigenvalue weighted by Crippen LogP contribution is 2.30. The van der Waals surface area contributed by atoms with Crippen LogP contribution in [0.25, 0.3) is 0 Å². The van der Waals surface area contributed by atoms with Gasteiger partial charge in [0.15, 0.2) is 6.79 Å². The van der Waals surface area contributed by atoms with Crippen LogP contribution in [0.1, 0.15) is 13.8 Å². The first kappa shape index (κ1) is 12.1. The molecule has 0 bridgehead atoms. The molecule has 0 unspecified atom stereocenters. The van der Waals surface area contributed by atoms with Crippen molar-refractivity contribution in [3.05, 3.63) is 18.2 Å². The van der Waals surface area contributed by atoms with Gasteiger partial charge in [-0.3, -0.25) is 0 Å². The number of anilines is 2. The summed E-state index contributed by atoms with van der Waals surface area (Å²) in [6.45, 7) is 5.18. The molecule has 0 atom stereocenters. The van der Waals surface area contributed by atoms with Crippen LogP contribution in [0, 0.1) is 0 Å². The Balaban J connectivity index is 1.88. The molecule has 0 aromatic heterocycles. The molecule has 0 aliphatic carbocycles. The molecule has 0 spiro atoms. The Labute approximate surface area is 103 Å². The lowest BCUT2D eigenvalue weighted by Crippen LogP contribution is -2.25. The zero-order chi connectivity index (χ0) is 12.3. The van der Waals surface area contributed by atoms with Gasteiger partial charge in [0, 0.05) is 6.07 Å². The smallest absolute Gasteiger partial charge is 0.189 e. The van der Waals surface area contributed by atoms with Crippen molar-refractivity contribution in [3.8, 4) is 5.75 Å². The van der Waals surface area contributed by atoms with E-state index in [1.807, 2.05) is 18.2 Å². The fraction of sp³-hybridized carbons (Fsp3) is 0.500. The first-order valence-corrected chi connectivity index (χ1v) is 5.99. The van der Waals surface area contributed by atoms with Crippen LogP contribution in [0.4, 0.5) is 11.4 Å². The summed E-state index contributed by atoms with van der Waals surface area (Å²) in [6.07, 6.45) is 0.964. The van der Waals surface area contributed by atoms with E-state index in [0.29, 0.717) is 0 Å². The average molecular weight is 234 g/mol. The summed E-state index contributed by atoms with van der Waals surface area (Å²) in [4.78, 5) is 0. The Morgan fingerprint density at radius 3 is 2.82 bits per heavy atom. The van der Waals surface area contributed by atoms with Gasteiger partial charge >= 0.3 is 0 Å². The quantitative estimate of drug-likeness (QED) is 0.600. The fourth-order valence-corrected chi connectivity index (χ4v) is 1.51. The third-order valence-corrected chi connectivity index (χ3v) is 3.08. The van der Waals surface area contributed by atoms with Crippen LogP contribution in [-0.4, -0.2) is 26.9 Å². The SMILES string of the molecule is BCC(C)(C)OCOc1ccc2c(c1)NCN2. The van der Waals surface area contributed by atoms with Crippen LogP contribution < -0.4 is 15.4 Å². The van der Waals surface area contributed by atoms with Gasteiger partial charge in [0.25, 0.3) is 0 Å². The Morgan fingerprint density at radius 1 is 1.29 bits per heavy atom. The van der Waals surface area contributed by atoms with Crippen molar-refractivity contribution in [2.45, 2.75) is 25.8 Å². The van der Waals surface area contributed by atoms with E-state index in [1.165, 1.54) is 0 Å². The Bertz CT molecular complexity index is 396. The van der Waals surface area contributed by atoms with Crippen LogP contribution in [0.15, 0.2) is 18.2 Å². The first-order valence-electron chi connectivity index (χ1n) is 5.99. The summed E-state index contributed by atoms with van der Waals surface area (Å²) >= 11 is 0. The highest BCUT2D eigenvalue weighted by Gasteiger charge is 2.15. The Hall–Kier alpha value is -1.36. The summed E-state index contributed by atoms with van der Waals surface area (Å²) in [5, 5.41) is 6.45. The monoisotopic (exact) mass is 234 g/mol. The molecular weight excluding hydrogens is 215 g/mol. The van der Waals surface area contributed by atoms with E-state index in [0.717, 1.165) is 30.1 Å². The Kier molecular flexibility index (Phi) is 3.47. The average Bonchev–Trinajstić information content (AvgIpc) is 2.76. The number of ether oxygens (including phenoxy) is 2. The third kappa shape index (κ3) is 3.06. The van der Waals surface area contributed by atoms with Gasteiger partial charge in [-0.2, -0.15) is 0 Å². The van der Waals surface area contributed by atoms with Crippen LogP contribution in [-0.2, 0) is 4.74 Å². The number of rotatable bonds is 5. The lowest BCUT2D eigenvalue weighted by atomic mass is 9.90. The van der Waals surface area contributed by atoms with E-state index in [1.54, 1.807) is 0 Å². The zero-order valence-corrected chi connectivity index (χ0v) is 10.7. The van der Waals surface area contributed by atoms with E-state index in [4.69, 9.17) is 9.47 Å². The molecule has 0 amide bonds. The molecule has 1 heterocycles. The van der Waals surface area contributed by atoms with Gasteiger partial charge < -0.3 is 20.1 Å². The van der Waals surface area contributed by atoms with Gasteiger partial charge in [-0.1, -0.05) is 6.32 Å². The van der Waals surface area contributed by atoms with Crippen LogP contribution in [0.5, 0.6) is 5.75 Å². The van der Waals surface area contributed by atoms with Crippen molar-refractivity contribution in [3.63, 3.8) is 0 Å². The van der Waals surface area contributed by atoms with Gasteiger partial charge in [0.1, 0.15) is 13.6 Å². The summed E-state index contributed by atoms with van der Waals surface area (Å²) in [6, 6.07) is 5.94. The van der Waals surface area contributed by atoms with Crippen molar-refractivity contribution >= 4 is 19.2 Å². The number of hydrogen-bond donors (Lipinski definition) is 2. The molecule has 2 rings (SSSR count). The molecular formula is C12H19BN2O2. The third-order valence-electron chi connectivity index (χ3n) is 3.08. The van der Waals surface area contributed by atoms with E-state index < -0.39 is 0 Å². The molecule has 17 heavy (non-hydrogen) atoms. The molecule has 5 heteroatoms. The number of benzene rings is 1.